The topological polar surface area (TPSA) is 90.9 Å². The molecular weight excluding hydrogens is 358 g/mol. The molecule has 1 heterocycles. The smallest absolute Gasteiger partial charge is 0.174 e. The zero-order chi connectivity index (χ0) is 20.4. The molecule has 0 spiro atoms. The third-order valence-corrected chi connectivity index (χ3v) is 4.81. The fourth-order valence-corrected chi connectivity index (χ4v) is 3.39. The number of allylic oxidation sites excluding steroid dienone is 2. The van der Waals surface area contributed by atoms with Crippen LogP contribution in [-0.2, 0) is 0 Å². The van der Waals surface area contributed by atoms with Gasteiger partial charge in [-0.15, -0.1) is 0 Å². The van der Waals surface area contributed by atoms with Crippen molar-refractivity contribution in [1.29, 1.82) is 10.5 Å². The number of para-hydroxylation sites is 1. The molecule has 5 nitrogen and oxygen atoms in total. The lowest BCUT2D eigenvalue weighted by Crippen LogP contribution is -1.97. The van der Waals surface area contributed by atoms with Crippen molar-refractivity contribution in [3.05, 3.63) is 89.3 Å². The average Bonchev–Trinajstić information content (AvgIpc) is 3.08. The van der Waals surface area contributed by atoms with Gasteiger partial charge in [0.05, 0.1) is 11.0 Å². The monoisotopic (exact) mass is 375 g/mol. The summed E-state index contributed by atoms with van der Waals surface area (Å²) in [5.41, 5.74) is 10.6. The van der Waals surface area contributed by atoms with Gasteiger partial charge in [0.2, 0.25) is 0 Å². The van der Waals surface area contributed by atoms with Crippen molar-refractivity contribution < 1.29 is 0 Å². The van der Waals surface area contributed by atoms with Crippen molar-refractivity contribution in [3.63, 3.8) is 0 Å². The van der Waals surface area contributed by atoms with Gasteiger partial charge in [0.15, 0.2) is 5.70 Å². The summed E-state index contributed by atoms with van der Waals surface area (Å²) in [6.07, 6.45) is 1.56. The van der Waals surface area contributed by atoms with E-state index >= 15 is 0 Å². The molecule has 5 heteroatoms. The van der Waals surface area contributed by atoms with Gasteiger partial charge in [0.1, 0.15) is 17.8 Å². The number of hydrogen-bond acceptors (Lipinski definition) is 4. The molecule has 0 amide bonds. The van der Waals surface area contributed by atoms with Crippen LogP contribution in [0.3, 0.4) is 0 Å². The summed E-state index contributed by atoms with van der Waals surface area (Å²) in [6, 6.07) is 26.3. The number of aromatic nitrogens is 1. The summed E-state index contributed by atoms with van der Waals surface area (Å²) in [4.78, 5) is 4.08. The second-order valence-corrected chi connectivity index (χ2v) is 6.71. The Morgan fingerprint density at radius 3 is 2.38 bits per heavy atom. The molecule has 0 aliphatic carbocycles. The standard InChI is InChI=1S/C24H17N5/c1-16-6-9-18(10-7-16)29-23-5-3-2-4-19(23)20-12-17(8-11-24(20)29)15-28-22(14-26)21(27)13-25/h2-12,15H,27H2,1H3/b22-21-,28-15?. The van der Waals surface area contributed by atoms with Crippen molar-refractivity contribution in [2.45, 2.75) is 6.92 Å². The second-order valence-electron chi connectivity index (χ2n) is 6.71. The highest BCUT2D eigenvalue weighted by Crippen LogP contribution is 2.32. The summed E-state index contributed by atoms with van der Waals surface area (Å²) in [6.45, 7) is 2.07. The maximum absolute atomic E-state index is 9.11. The Bertz CT molecular complexity index is 1370. The molecule has 0 aliphatic rings. The number of nitrogens with zero attached hydrogens (tertiary/aromatic N) is 4. The first-order valence-electron chi connectivity index (χ1n) is 9.06. The summed E-state index contributed by atoms with van der Waals surface area (Å²) in [5, 5.41) is 20.2. The minimum Gasteiger partial charge on any atom is -0.388 e. The molecule has 0 fully saturated rings. The predicted molar refractivity (Wildman–Crippen MR) is 116 cm³/mol. The third-order valence-electron chi connectivity index (χ3n) is 4.81. The molecule has 4 rings (SSSR count). The molecule has 0 bridgehead atoms. The molecule has 0 atom stereocenters. The van der Waals surface area contributed by atoms with Crippen molar-refractivity contribution in [3.8, 4) is 17.8 Å². The number of benzene rings is 3. The number of fused-ring (bicyclic) bond motifs is 3. The number of nitriles is 2. The number of aliphatic imine (C=N–C) groups is 1. The van der Waals surface area contributed by atoms with Gasteiger partial charge in [-0.2, -0.15) is 10.5 Å². The summed E-state index contributed by atoms with van der Waals surface area (Å²) >= 11 is 0. The van der Waals surface area contributed by atoms with Crippen LogP contribution in [-0.4, -0.2) is 10.8 Å². The van der Waals surface area contributed by atoms with E-state index in [0.717, 1.165) is 33.1 Å². The quantitative estimate of drug-likeness (QED) is 0.414. The molecule has 0 radical (unpaired) electrons. The van der Waals surface area contributed by atoms with Crippen LogP contribution >= 0.6 is 0 Å². The fraction of sp³-hybridized carbons (Fsp3) is 0.0417. The van der Waals surface area contributed by atoms with E-state index in [0.29, 0.717) is 0 Å². The molecule has 2 N–H and O–H groups in total. The van der Waals surface area contributed by atoms with E-state index in [1.807, 2.05) is 36.4 Å². The Labute approximate surface area is 168 Å². The fourth-order valence-electron chi connectivity index (χ4n) is 3.39. The van der Waals surface area contributed by atoms with E-state index in [-0.39, 0.29) is 11.4 Å². The van der Waals surface area contributed by atoms with Crippen LogP contribution < -0.4 is 5.73 Å². The van der Waals surface area contributed by atoms with Gasteiger partial charge in [0.25, 0.3) is 0 Å². The molecular formula is C24H17N5. The van der Waals surface area contributed by atoms with Crippen LogP contribution in [0.5, 0.6) is 0 Å². The number of nitrogens with two attached hydrogens (primary N) is 1. The van der Waals surface area contributed by atoms with Gasteiger partial charge in [-0.1, -0.05) is 42.0 Å². The van der Waals surface area contributed by atoms with Gasteiger partial charge in [-0.25, -0.2) is 4.99 Å². The minimum atomic E-state index is -0.194. The number of hydrogen-bond donors (Lipinski definition) is 1. The average molecular weight is 375 g/mol. The largest absolute Gasteiger partial charge is 0.388 e. The van der Waals surface area contributed by atoms with Crippen LogP contribution in [0.15, 0.2) is 83.1 Å². The number of rotatable bonds is 3. The first kappa shape index (κ1) is 18.0. The summed E-state index contributed by atoms with van der Waals surface area (Å²) < 4.78 is 2.24. The Morgan fingerprint density at radius 1 is 0.931 bits per heavy atom. The van der Waals surface area contributed by atoms with Gasteiger partial charge < -0.3 is 10.3 Å². The molecule has 138 valence electrons. The highest BCUT2D eigenvalue weighted by atomic mass is 15.0. The van der Waals surface area contributed by atoms with Crippen LogP contribution in [0.25, 0.3) is 27.5 Å². The highest BCUT2D eigenvalue weighted by molar-refractivity contribution is 6.10. The van der Waals surface area contributed by atoms with E-state index in [1.54, 1.807) is 12.3 Å². The molecule has 3 aromatic carbocycles. The Morgan fingerprint density at radius 2 is 1.66 bits per heavy atom. The molecule has 0 saturated carbocycles. The maximum Gasteiger partial charge on any atom is 0.174 e. The van der Waals surface area contributed by atoms with Crippen molar-refractivity contribution >= 4 is 28.0 Å². The molecule has 0 aliphatic heterocycles. The summed E-state index contributed by atoms with van der Waals surface area (Å²) in [7, 11) is 0. The zero-order valence-corrected chi connectivity index (χ0v) is 15.8. The molecule has 29 heavy (non-hydrogen) atoms. The first-order chi connectivity index (χ1) is 14.1. The highest BCUT2D eigenvalue weighted by Gasteiger charge is 2.12. The lowest BCUT2D eigenvalue weighted by Gasteiger charge is -2.08. The Kier molecular flexibility index (Phi) is 4.57. The minimum absolute atomic E-state index is 0.0883. The van der Waals surface area contributed by atoms with Crippen LogP contribution in [0, 0.1) is 29.6 Å². The molecule has 0 unspecified atom stereocenters. The van der Waals surface area contributed by atoms with E-state index in [1.165, 1.54) is 5.56 Å². The van der Waals surface area contributed by atoms with Gasteiger partial charge >= 0.3 is 0 Å². The number of aryl methyl sites for hydroxylation is 1. The van der Waals surface area contributed by atoms with Crippen molar-refractivity contribution in [1.82, 2.24) is 4.57 Å². The van der Waals surface area contributed by atoms with Gasteiger partial charge in [-0.05, 0) is 42.8 Å². The molecule has 0 saturated heterocycles. The first-order valence-corrected chi connectivity index (χ1v) is 9.06. The third kappa shape index (κ3) is 3.22. The van der Waals surface area contributed by atoms with Gasteiger partial charge in [-0.3, -0.25) is 0 Å². The maximum atomic E-state index is 9.11. The second kappa shape index (κ2) is 7.34. The Balaban J connectivity index is 1.91. The van der Waals surface area contributed by atoms with Crippen molar-refractivity contribution in [2.24, 2.45) is 10.7 Å². The summed E-state index contributed by atoms with van der Waals surface area (Å²) in [5.74, 6) is 0. The normalized spacial score (nSPS) is 12.1. The van der Waals surface area contributed by atoms with Crippen molar-refractivity contribution in [2.75, 3.05) is 0 Å². The lowest BCUT2D eigenvalue weighted by atomic mass is 10.1. The van der Waals surface area contributed by atoms with E-state index in [9.17, 15) is 0 Å². The van der Waals surface area contributed by atoms with Crippen LogP contribution in [0.4, 0.5) is 0 Å². The predicted octanol–water partition coefficient (Wildman–Crippen LogP) is 4.73. The SMILES string of the molecule is Cc1ccc(-n2c3ccccc3c3cc(C=N/C(C#N)=C(\N)C#N)ccc32)cc1. The van der Waals surface area contributed by atoms with E-state index in [4.69, 9.17) is 16.3 Å². The van der Waals surface area contributed by atoms with Gasteiger partial charge in [0, 0.05) is 22.7 Å². The Hall–Kier alpha value is -4.35. The lowest BCUT2D eigenvalue weighted by molar-refractivity contribution is 1.17. The van der Waals surface area contributed by atoms with E-state index in [2.05, 4.69) is 52.9 Å². The molecule has 1 aromatic heterocycles. The van der Waals surface area contributed by atoms with Crippen LogP contribution in [0.2, 0.25) is 0 Å². The zero-order valence-electron chi connectivity index (χ0n) is 15.8. The van der Waals surface area contributed by atoms with E-state index < -0.39 is 0 Å². The van der Waals surface area contributed by atoms with Crippen LogP contribution in [0.1, 0.15) is 11.1 Å². The molecule has 4 aromatic rings.